The lowest BCUT2D eigenvalue weighted by Gasteiger charge is -2.28. The van der Waals surface area contributed by atoms with Gasteiger partial charge in [-0.05, 0) is 45.5 Å². The Morgan fingerprint density at radius 2 is 1.96 bits per heavy atom. The van der Waals surface area contributed by atoms with Crippen LogP contribution in [0.3, 0.4) is 0 Å². The van der Waals surface area contributed by atoms with Crippen LogP contribution in [0.5, 0.6) is 0 Å². The molecule has 0 unspecified atom stereocenters. The number of aromatic nitrogens is 2. The number of benzene rings is 1. The van der Waals surface area contributed by atoms with Crippen molar-refractivity contribution < 1.29 is 4.84 Å². The highest BCUT2D eigenvalue weighted by atomic mass is 16.7. The van der Waals surface area contributed by atoms with E-state index in [0.717, 1.165) is 43.5 Å². The Kier molecular flexibility index (Phi) is 4.81. The van der Waals surface area contributed by atoms with Crippen molar-refractivity contribution in [2.45, 2.75) is 19.3 Å². The molecular formula is C17H25N5O. The minimum atomic E-state index is 0.464. The van der Waals surface area contributed by atoms with Gasteiger partial charge in [0.2, 0.25) is 5.82 Å². The van der Waals surface area contributed by atoms with Gasteiger partial charge in [0.25, 0.3) is 0 Å². The van der Waals surface area contributed by atoms with Crippen LogP contribution in [-0.4, -0.2) is 65.7 Å². The summed E-state index contributed by atoms with van der Waals surface area (Å²) >= 11 is 0. The van der Waals surface area contributed by atoms with E-state index in [2.05, 4.69) is 14.8 Å². The number of nitrogens with zero attached hydrogens (tertiary/aromatic N) is 4. The molecule has 0 radical (unpaired) electrons. The van der Waals surface area contributed by atoms with Crippen molar-refractivity contribution in [1.82, 2.24) is 19.5 Å². The van der Waals surface area contributed by atoms with Crippen LogP contribution in [0.4, 0.5) is 0 Å². The highest BCUT2D eigenvalue weighted by Gasteiger charge is 2.22. The van der Waals surface area contributed by atoms with E-state index in [4.69, 9.17) is 10.2 Å². The summed E-state index contributed by atoms with van der Waals surface area (Å²) in [5.74, 6) is 1.07. The lowest BCUT2D eigenvalue weighted by Crippen LogP contribution is -2.38. The van der Waals surface area contributed by atoms with Gasteiger partial charge in [-0.15, -0.1) is 0 Å². The quantitative estimate of drug-likeness (QED) is 0.676. The molecule has 2 aromatic rings. The zero-order chi connectivity index (χ0) is 16.2. The molecule has 23 heavy (non-hydrogen) atoms. The molecule has 6 nitrogen and oxygen atoms in total. The fraction of sp³-hybridized carbons (Fsp3) is 0.529. The summed E-state index contributed by atoms with van der Waals surface area (Å²) in [6, 6.07) is 7.90. The molecule has 0 bridgehead atoms. The van der Waals surface area contributed by atoms with Crippen LogP contribution in [0.2, 0.25) is 0 Å². The van der Waals surface area contributed by atoms with Gasteiger partial charge in [-0.1, -0.05) is 12.1 Å². The zero-order valence-corrected chi connectivity index (χ0v) is 14.0. The summed E-state index contributed by atoms with van der Waals surface area (Å²) in [5.41, 5.74) is 1.79. The molecule has 1 fully saturated rings. The molecule has 0 amide bonds. The number of hydrogen-bond acceptors (Lipinski definition) is 4. The third kappa shape index (κ3) is 3.47. The first-order valence-corrected chi connectivity index (χ1v) is 8.26. The maximum atomic E-state index is 8.57. The number of likely N-dealkylation sites (N-methyl/N-ethyl adjacent to an activating group) is 1. The van der Waals surface area contributed by atoms with E-state index < -0.39 is 0 Å². The number of para-hydroxylation sites is 2. The van der Waals surface area contributed by atoms with Gasteiger partial charge in [0.05, 0.1) is 5.52 Å². The van der Waals surface area contributed by atoms with Crippen molar-refractivity contribution in [3.8, 4) is 0 Å². The van der Waals surface area contributed by atoms with Crippen molar-refractivity contribution in [3.63, 3.8) is 0 Å². The first kappa shape index (κ1) is 15.8. The Bertz CT molecular complexity index is 673. The highest BCUT2D eigenvalue weighted by Crippen LogP contribution is 2.18. The number of nitrogens with one attached hydrogen (secondary N) is 1. The third-order valence-electron chi connectivity index (χ3n) is 4.16. The van der Waals surface area contributed by atoms with Gasteiger partial charge in [0.15, 0.2) is 5.84 Å². The summed E-state index contributed by atoms with van der Waals surface area (Å²) in [7, 11) is 4.04. The summed E-state index contributed by atoms with van der Waals surface area (Å²) < 4.78 is 1.73. The SMILES string of the molecule is CN(C)CCOn1c(C(=N)N2CCCCC2)nc2ccccc21. The largest absolute Gasteiger partial charge is 0.410 e. The van der Waals surface area contributed by atoms with Crippen LogP contribution in [0.25, 0.3) is 11.0 Å². The Hall–Kier alpha value is -2.08. The van der Waals surface area contributed by atoms with Crippen LogP contribution in [0.15, 0.2) is 24.3 Å². The van der Waals surface area contributed by atoms with Gasteiger partial charge < -0.3 is 14.6 Å². The molecule has 0 spiro atoms. The zero-order valence-electron chi connectivity index (χ0n) is 14.0. The van der Waals surface area contributed by atoms with Gasteiger partial charge in [-0.2, -0.15) is 4.73 Å². The molecule has 1 saturated heterocycles. The molecule has 1 N–H and O–H groups in total. The van der Waals surface area contributed by atoms with Crippen molar-refractivity contribution in [1.29, 1.82) is 5.41 Å². The maximum absolute atomic E-state index is 8.57. The van der Waals surface area contributed by atoms with Gasteiger partial charge in [0, 0.05) is 19.6 Å². The summed E-state index contributed by atoms with van der Waals surface area (Å²) in [5, 5.41) is 8.57. The Balaban J connectivity index is 1.89. The Labute approximate surface area is 137 Å². The smallest absolute Gasteiger partial charge is 0.211 e. The number of amidine groups is 1. The van der Waals surface area contributed by atoms with Crippen molar-refractivity contribution in [2.24, 2.45) is 0 Å². The Morgan fingerprint density at radius 3 is 2.70 bits per heavy atom. The molecule has 0 aliphatic carbocycles. The lowest BCUT2D eigenvalue weighted by molar-refractivity contribution is 0.102. The molecule has 1 aliphatic rings. The van der Waals surface area contributed by atoms with Crippen LogP contribution in [0, 0.1) is 5.41 Å². The van der Waals surface area contributed by atoms with Gasteiger partial charge in [-0.3, -0.25) is 5.41 Å². The monoisotopic (exact) mass is 315 g/mol. The number of imidazole rings is 1. The number of piperidine rings is 1. The molecular weight excluding hydrogens is 290 g/mol. The van der Waals surface area contributed by atoms with Crippen molar-refractivity contribution in [2.75, 3.05) is 40.3 Å². The summed E-state index contributed by atoms with van der Waals surface area (Å²) in [6.45, 7) is 3.25. The van der Waals surface area contributed by atoms with Crippen molar-refractivity contribution in [3.05, 3.63) is 30.1 Å². The molecule has 3 rings (SSSR count). The molecule has 6 heteroatoms. The van der Waals surface area contributed by atoms with E-state index in [-0.39, 0.29) is 0 Å². The van der Waals surface area contributed by atoms with E-state index >= 15 is 0 Å². The second kappa shape index (κ2) is 7.00. The van der Waals surface area contributed by atoms with Crippen LogP contribution in [0.1, 0.15) is 25.1 Å². The fourth-order valence-corrected chi connectivity index (χ4v) is 2.86. The number of hydrogen-bond donors (Lipinski definition) is 1. The van der Waals surface area contributed by atoms with E-state index in [1.165, 1.54) is 6.42 Å². The van der Waals surface area contributed by atoms with Gasteiger partial charge in [-0.25, -0.2) is 4.98 Å². The standard InChI is InChI=1S/C17H25N5O/c1-20(2)12-13-23-22-15-9-5-4-8-14(15)19-17(22)16(18)21-10-6-3-7-11-21/h4-5,8-9,18H,3,6-7,10-13H2,1-2H3. The number of rotatable bonds is 5. The van der Waals surface area contributed by atoms with Crippen LogP contribution in [-0.2, 0) is 0 Å². The number of likely N-dealkylation sites (tertiary alicyclic amines) is 1. The molecule has 1 aromatic carbocycles. The summed E-state index contributed by atoms with van der Waals surface area (Å²) in [6.07, 6.45) is 3.54. The molecule has 0 atom stereocenters. The van der Waals surface area contributed by atoms with Crippen LogP contribution >= 0.6 is 0 Å². The third-order valence-corrected chi connectivity index (χ3v) is 4.16. The second-order valence-electron chi connectivity index (χ2n) is 6.25. The summed E-state index contributed by atoms with van der Waals surface area (Å²) in [4.78, 5) is 14.8. The van der Waals surface area contributed by atoms with Crippen molar-refractivity contribution >= 4 is 16.9 Å². The highest BCUT2D eigenvalue weighted by molar-refractivity contribution is 5.96. The number of fused-ring (bicyclic) bond motifs is 1. The fourth-order valence-electron chi connectivity index (χ4n) is 2.86. The predicted molar refractivity (Wildman–Crippen MR) is 92.0 cm³/mol. The second-order valence-corrected chi connectivity index (χ2v) is 6.25. The first-order valence-electron chi connectivity index (χ1n) is 8.26. The first-order chi connectivity index (χ1) is 11.2. The normalized spacial score (nSPS) is 15.3. The van der Waals surface area contributed by atoms with E-state index in [1.807, 2.05) is 38.4 Å². The molecule has 2 heterocycles. The average Bonchev–Trinajstić information content (AvgIpc) is 2.93. The molecule has 0 saturated carbocycles. The van der Waals surface area contributed by atoms with Crippen LogP contribution < -0.4 is 4.84 Å². The van der Waals surface area contributed by atoms with Gasteiger partial charge >= 0.3 is 0 Å². The van der Waals surface area contributed by atoms with Gasteiger partial charge in [0.1, 0.15) is 12.1 Å². The lowest BCUT2D eigenvalue weighted by atomic mass is 10.1. The van der Waals surface area contributed by atoms with E-state index in [1.54, 1.807) is 4.73 Å². The minimum absolute atomic E-state index is 0.464. The molecule has 1 aliphatic heterocycles. The van der Waals surface area contributed by atoms with E-state index in [0.29, 0.717) is 18.3 Å². The maximum Gasteiger partial charge on any atom is 0.211 e. The Morgan fingerprint density at radius 1 is 1.22 bits per heavy atom. The predicted octanol–water partition coefficient (Wildman–Crippen LogP) is 1.84. The minimum Gasteiger partial charge on any atom is -0.410 e. The average molecular weight is 315 g/mol. The molecule has 124 valence electrons. The topological polar surface area (TPSA) is 57.4 Å². The van der Waals surface area contributed by atoms with E-state index in [9.17, 15) is 0 Å². The molecule has 1 aromatic heterocycles.